The summed E-state index contributed by atoms with van der Waals surface area (Å²) >= 11 is 0. The first-order valence-corrected chi connectivity index (χ1v) is 1.68. The summed E-state index contributed by atoms with van der Waals surface area (Å²) in [6.07, 6.45) is 2.23. The summed E-state index contributed by atoms with van der Waals surface area (Å²) in [6, 6.07) is 0. The zero-order chi connectivity index (χ0) is 5.70. The normalized spacial score (nSPS) is 10.7. The van der Waals surface area contributed by atoms with E-state index in [1.165, 1.54) is 0 Å². The highest BCUT2D eigenvalue weighted by Crippen LogP contribution is 1.84. The maximum absolute atomic E-state index is 11.6. The fourth-order valence-corrected chi connectivity index (χ4v) is 0.128. The Morgan fingerprint density at radius 1 is 1.43 bits per heavy atom. The molecule has 0 heterocycles. The average molecular weight is 100 g/mol. The molecule has 2 nitrogen and oxygen atoms in total. The Hall–Kier alpha value is -0.990. The molecule has 38 valence electrons. The molecule has 0 atom stereocenters. The van der Waals surface area contributed by atoms with Gasteiger partial charge in [-0.3, -0.25) is 0 Å². The van der Waals surface area contributed by atoms with Gasteiger partial charge in [-0.1, -0.05) is 0 Å². The number of halogens is 1. The molecule has 0 saturated carbocycles. The van der Waals surface area contributed by atoms with Gasteiger partial charge in [0.2, 0.25) is 0 Å². The molecule has 0 saturated heterocycles. The van der Waals surface area contributed by atoms with Crippen LogP contribution >= 0.6 is 0 Å². The molecule has 0 aliphatic heterocycles. The van der Waals surface area contributed by atoms with Crippen LogP contribution in [0.15, 0.2) is 11.9 Å². The van der Waals surface area contributed by atoms with E-state index in [1.807, 2.05) is 0 Å². The van der Waals surface area contributed by atoms with Crippen LogP contribution in [0.4, 0.5) is 4.39 Å². The summed E-state index contributed by atoms with van der Waals surface area (Å²) in [4.78, 5) is 0. The summed E-state index contributed by atoms with van der Waals surface area (Å²) < 4.78 is 11.6. The molecule has 0 fully saturated rings. The number of hydrogen-bond donors (Lipinski definition) is 2. The summed E-state index contributed by atoms with van der Waals surface area (Å²) in [6.45, 7) is 0. The summed E-state index contributed by atoms with van der Waals surface area (Å²) in [5, 5.41) is 12.5. The van der Waals surface area contributed by atoms with Crippen LogP contribution in [0.5, 0.6) is 0 Å². The highest BCUT2D eigenvalue weighted by molar-refractivity contribution is 5.81. The highest BCUT2D eigenvalue weighted by Gasteiger charge is 1.77. The molecule has 0 bridgehead atoms. The summed E-state index contributed by atoms with van der Waals surface area (Å²) in [7, 11) is 0. The van der Waals surface area contributed by atoms with E-state index < -0.39 is 5.83 Å². The molecule has 7 heavy (non-hydrogen) atoms. The van der Waals surface area contributed by atoms with Crippen molar-refractivity contribution in [3.8, 4) is 0 Å². The van der Waals surface area contributed by atoms with Gasteiger partial charge in [-0.2, -0.15) is 0 Å². The molecule has 0 unspecified atom stereocenters. The molecule has 0 spiro atoms. The maximum atomic E-state index is 11.6. The average Bonchev–Trinajstić information content (AvgIpc) is 1.68. The van der Waals surface area contributed by atoms with Crippen LogP contribution in [0, 0.1) is 10.8 Å². The van der Waals surface area contributed by atoms with Gasteiger partial charge in [-0.15, -0.1) is 0 Å². The third kappa shape index (κ3) is 2.82. The minimum absolute atomic E-state index is 0.547. The topological polar surface area (TPSA) is 47.7 Å². The smallest absolute Gasteiger partial charge is 0.142 e. The molecule has 0 aromatic heterocycles. The van der Waals surface area contributed by atoms with E-state index in [9.17, 15) is 4.39 Å². The van der Waals surface area contributed by atoms with Gasteiger partial charge in [-0.05, 0) is 6.08 Å². The first-order chi connectivity index (χ1) is 3.31. The second kappa shape index (κ2) is 3.21. The Labute approximate surface area is 40.7 Å². The monoisotopic (exact) mass is 100 g/mol. The van der Waals surface area contributed by atoms with Gasteiger partial charge >= 0.3 is 0 Å². The van der Waals surface area contributed by atoms with Crippen molar-refractivity contribution in [2.75, 3.05) is 0 Å². The van der Waals surface area contributed by atoms with Crippen LogP contribution in [-0.2, 0) is 0 Å². The van der Waals surface area contributed by atoms with Crippen LogP contribution < -0.4 is 0 Å². The molecular weight excluding hydrogens is 95.1 g/mol. The molecule has 0 amide bonds. The van der Waals surface area contributed by atoms with Crippen LogP contribution in [0.25, 0.3) is 0 Å². The summed E-state index contributed by atoms with van der Waals surface area (Å²) in [5.41, 5.74) is 0. The van der Waals surface area contributed by atoms with Crippen molar-refractivity contribution in [3.05, 3.63) is 11.9 Å². The summed E-state index contributed by atoms with van der Waals surface area (Å²) in [5.74, 6) is -0.699. The van der Waals surface area contributed by atoms with Gasteiger partial charge in [-0.25, -0.2) is 4.39 Å². The van der Waals surface area contributed by atoms with Gasteiger partial charge < -0.3 is 10.8 Å². The van der Waals surface area contributed by atoms with Crippen molar-refractivity contribution in [1.82, 2.24) is 0 Å². The number of rotatable bonds is 2. The Kier molecular flexibility index (Phi) is 2.76. The van der Waals surface area contributed by atoms with Gasteiger partial charge in [0.1, 0.15) is 5.83 Å². The molecule has 3 heteroatoms. The zero-order valence-corrected chi connectivity index (χ0v) is 3.61. The second-order valence-electron chi connectivity index (χ2n) is 0.863. The largest absolute Gasteiger partial charge is 0.309 e. The molecule has 0 aliphatic carbocycles. The van der Waals surface area contributed by atoms with Gasteiger partial charge in [0, 0.05) is 6.21 Å². The van der Waals surface area contributed by atoms with E-state index in [-0.39, 0.29) is 0 Å². The number of nitrogens with one attached hydrogen (secondary N) is 2. The molecule has 0 rings (SSSR count). The van der Waals surface area contributed by atoms with Gasteiger partial charge in [0.15, 0.2) is 0 Å². The molecule has 2 N–H and O–H groups in total. The minimum atomic E-state index is -0.699. The van der Waals surface area contributed by atoms with Crippen LogP contribution in [0.1, 0.15) is 0 Å². The molecule has 0 aliphatic rings. The lowest BCUT2D eigenvalue weighted by molar-refractivity contribution is 0.687. The van der Waals surface area contributed by atoms with Crippen molar-refractivity contribution in [3.63, 3.8) is 0 Å². The second-order valence-corrected chi connectivity index (χ2v) is 0.863. The van der Waals surface area contributed by atoms with Gasteiger partial charge in [0.05, 0.1) is 6.21 Å². The van der Waals surface area contributed by atoms with Crippen molar-refractivity contribution in [2.45, 2.75) is 0 Å². The number of hydrogen-bond acceptors (Lipinski definition) is 2. The van der Waals surface area contributed by atoms with Crippen LogP contribution in [-0.4, -0.2) is 12.4 Å². The SMILES string of the molecule is N=C/C=C(/F)C=N. The lowest BCUT2D eigenvalue weighted by Crippen LogP contribution is -1.70. The van der Waals surface area contributed by atoms with Crippen molar-refractivity contribution >= 4 is 12.4 Å². The van der Waals surface area contributed by atoms with Crippen molar-refractivity contribution in [2.24, 2.45) is 0 Å². The maximum Gasteiger partial charge on any atom is 0.142 e. The third-order valence-electron chi connectivity index (χ3n) is 0.380. The third-order valence-corrected chi connectivity index (χ3v) is 0.380. The van der Waals surface area contributed by atoms with Crippen LogP contribution in [0.3, 0.4) is 0 Å². The molecular formula is C4H5FN2. The first-order valence-electron chi connectivity index (χ1n) is 1.68. The lowest BCUT2D eigenvalue weighted by atomic mass is 10.5. The fourth-order valence-electron chi connectivity index (χ4n) is 0.128. The fraction of sp³-hybridized carbons (Fsp3) is 0. The van der Waals surface area contributed by atoms with Crippen LogP contribution in [0.2, 0.25) is 0 Å². The van der Waals surface area contributed by atoms with Gasteiger partial charge in [0.25, 0.3) is 0 Å². The van der Waals surface area contributed by atoms with E-state index in [0.29, 0.717) is 6.21 Å². The number of allylic oxidation sites excluding steroid dienone is 2. The molecule has 0 aromatic carbocycles. The molecule has 0 aromatic rings. The van der Waals surface area contributed by atoms with E-state index in [2.05, 4.69) is 0 Å². The van der Waals surface area contributed by atoms with Crippen molar-refractivity contribution < 1.29 is 4.39 Å². The predicted octanol–water partition coefficient (Wildman–Crippen LogP) is 1.14. The quantitative estimate of drug-likeness (QED) is 0.489. The standard InChI is InChI=1S/C4H5FN2/c5-4(3-7)1-2-6/h1-3,6-7H/b4-1+,6-2?,7-3?. The van der Waals surface area contributed by atoms with E-state index in [0.717, 1.165) is 12.3 Å². The highest BCUT2D eigenvalue weighted by atomic mass is 19.1. The van der Waals surface area contributed by atoms with E-state index in [1.54, 1.807) is 0 Å². The minimum Gasteiger partial charge on any atom is -0.309 e. The first kappa shape index (κ1) is 6.01. The Morgan fingerprint density at radius 2 is 2.00 bits per heavy atom. The van der Waals surface area contributed by atoms with E-state index >= 15 is 0 Å². The Balaban J connectivity index is 3.72. The van der Waals surface area contributed by atoms with Crippen molar-refractivity contribution in [1.29, 1.82) is 10.8 Å². The Morgan fingerprint density at radius 3 is 2.14 bits per heavy atom. The lowest BCUT2D eigenvalue weighted by Gasteiger charge is -1.72. The molecule has 0 radical (unpaired) electrons. The zero-order valence-electron chi connectivity index (χ0n) is 3.61. The predicted molar refractivity (Wildman–Crippen MR) is 26.8 cm³/mol. The Bertz CT molecular complexity index is 106. The van der Waals surface area contributed by atoms with E-state index in [4.69, 9.17) is 10.8 Å².